The van der Waals surface area contributed by atoms with Gasteiger partial charge in [0.1, 0.15) is 4.83 Å². The molecule has 0 unspecified atom stereocenters. The van der Waals surface area contributed by atoms with Crippen molar-refractivity contribution in [1.82, 2.24) is 14.9 Å². The van der Waals surface area contributed by atoms with Crippen LogP contribution in [0.5, 0.6) is 0 Å². The van der Waals surface area contributed by atoms with Gasteiger partial charge in [0.05, 0.1) is 11.7 Å². The van der Waals surface area contributed by atoms with Crippen LogP contribution in [0.25, 0.3) is 10.2 Å². The first kappa shape index (κ1) is 20.3. The smallest absolute Gasteiger partial charge is 0.262 e. The summed E-state index contributed by atoms with van der Waals surface area (Å²) in [4.78, 5) is 43.0. The monoisotopic (exact) mass is 424 g/mol. The Morgan fingerprint density at radius 2 is 2.07 bits per heavy atom. The number of thiophene rings is 1. The maximum Gasteiger partial charge on any atom is 0.262 e. The molecule has 0 radical (unpaired) electrons. The third kappa shape index (κ3) is 4.43. The van der Waals surface area contributed by atoms with E-state index in [-0.39, 0.29) is 23.8 Å². The fraction of sp³-hybridized carbons (Fsp3) is 0.364. The van der Waals surface area contributed by atoms with Crippen molar-refractivity contribution in [3.8, 4) is 0 Å². The van der Waals surface area contributed by atoms with E-state index < -0.39 is 0 Å². The highest BCUT2D eigenvalue weighted by molar-refractivity contribution is 7.18. The Morgan fingerprint density at radius 1 is 1.23 bits per heavy atom. The summed E-state index contributed by atoms with van der Waals surface area (Å²) in [5.41, 5.74) is 2.70. The Morgan fingerprint density at radius 3 is 2.90 bits per heavy atom. The maximum atomic E-state index is 12.9. The van der Waals surface area contributed by atoms with Crippen molar-refractivity contribution in [1.29, 1.82) is 0 Å². The maximum absolute atomic E-state index is 12.9. The number of amides is 2. The van der Waals surface area contributed by atoms with Crippen molar-refractivity contribution in [2.75, 3.05) is 5.32 Å². The average Bonchev–Trinajstić information content (AvgIpc) is 3.11. The van der Waals surface area contributed by atoms with Crippen LogP contribution in [-0.2, 0) is 35.5 Å². The highest BCUT2D eigenvalue weighted by Crippen LogP contribution is 2.33. The van der Waals surface area contributed by atoms with Crippen LogP contribution in [0.1, 0.15) is 42.2 Å². The molecule has 156 valence electrons. The molecule has 0 atom stereocenters. The van der Waals surface area contributed by atoms with E-state index in [1.807, 2.05) is 18.2 Å². The highest BCUT2D eigenvalue weighted by Gasteiger charge is 2.20. The molecule has 0 saturated carbocycles. The van der Waals surface area contributed by atoms with Crippen molar-refractivity contribution in [3.63, 3.8) is 0 Å². The van der Waals surface area contributed by atoms with Crippen LogP contribution in [0.4, 0.5) is 5.69 Å². The fourth-order valence-corrected chi connectivity index (χ4v) is 5.03. The molecule has 0 fully saturated rings. The van der Waals surface area contributed by atoms with Crippen LogP contribution in [-0.4, -0.2) is 21.4 Å². The van der Waals surface area contributed by atoms with E-state index in [4.69, 9.17) is 0 Å². The molecule has 0 saturated heterocycles. The van der Waals surface area contributed by atoms with Gasteiger partial charge in [-0.05, 0) is 48.9 Å². The third-order valence-electron chi connectivity index (χ3n) is 5.26. The molecule has 2 amide bonds. The Bertz CT molecular complexity index is 1160. The van der Waals surface area contributed by atoms with Crippen LogP contribution in [0.15, 0.2) is 35.4 Å². The lowest BCUT2D eigenvalue weighted by Gasteiger charge is -2.11. The first-order valence-corrected chi connectivity index (χ1v) is 11.0. The number of nitrogens with one attached hydrogen (secondary N) is 2. The number of benzene rings is 1. The minimum Gasteiger partial charge on any atom is -0.352 e. The van der Waals surface area contributed by atoms with Gasteiger partial charge in [0.25, 0.3) is 5.56 Å². The molecule has 30 heavy (non-hydrogen) atoms. The molecular formula is C22H24N4O3S. The van der Waals surface area contributed by atoms with Gasteiger partial charge in [0.15, 0.2) is 0 Å². The SMILES string of the molecule is CC(=O)Nc1cccc(CNC(=O)CCn2cnc3sc4c(c3c2=O)CCCC4)c1. The largest absolute Gasteiger partial charge is 0.352 e. The topological polar surface area (TPSA) is 93.1 Å². The van der Waals surface area contributed by atoms with E-state index >= 15 is 0 Å². The number of rotatable bonds is 6. The number of aromatic nitrogens is 2. The molecule has 4 rings (SSSR count). The summed E-state index contributed by atoms with van der Waals surface area (Å²) >= 11 is 1.63. The zero-order valence-corrected chi connectivity index (χ0v) is 17.7. The molecule has 8 heteroatoms. The van der Waals surface area contributed by atoms with Gasteiger partial charge in [-0.3, -0.25) is 19.0 Å². The second-order valence-electron chi connectivity index (χ2n) is 7.54. The van der Waals surface area contributed by atoms with Crippen LogP contribution in [0, 0.1) is 0 Å². The van der Waals surface area contributed by atoms with E-state index in [9.17, 15) is 14.4 Å². The molecule has 0 bridgehead atoms. The lowest BCUT2D eigenvalue weighted by molar-refractivity contribution is -0.121. The van der Waals surface area contributed by atoms with Crippen molar-refractivity contribution in [2.24, 2.45) is 0 Å². The van der Waals surface area contributed by atoms with Gasteiger partial charge in [-0.25, -0.2) is 4.98 Å². The second-order valence-corrected chi connectivity index (χ2v) is 8.63. The van der Waals surface area contributed by atoms with Crippen molar-refractivity contribution in [2.45, 2.75) is 52.1 Å². The summed E-state index contributed by atoms with van der Waals surface area (Å²) in [5.74, 6) is -0.279. The molecule has 0 spiro atoms. The van der Waals surface area contributed by atoms with Gasteiger partial charge in [0, 0.05) is 37.0 Å². The van der Waals surface area contributed by atoms with Crippen LogP contribution < -0.4 is 16.2 Å². The van der Waals surface area contributed by atoms with Gasteiger partial charge >= 0.3 is 0 Å². The Labute approximate surface area is 178 Å². The van der Waals surface area contributed by atoms with Gasteiger partial charge in [-0.1, -0.05) is 12.1 Å². The number of anilines is 1. The predicted molar refractivity (Wildman–Crippen MR) is 118 cm³/mol. The van der Waals surface area contributed by atoms with Gasteiger partial charge in [-0.15, -0.1) is 11.3 Å². The number of carbonyl (C=O) groups is 2. The molecule has 1 aromatic carbocycles. The number of aryl methyl sites for hydroxylation is 3. The zero-order chi connectivity index (χ0) is 21.1. The standard InChI is InChI=1S/C22H24N4O3S/c1-14(27)25-16-6-4-5-15(11-16)12-23-19(28)9-10-26-13-24-21-20(22(26)29)17-7-2-3-8-18(17)30-21/h4-6,11,13H,2-3,7-10,12H2,1H3,(H,23,28)(H,25,27). The number of hydrogen-bond acceptors (Lipinski definition) is 5. The number of carbonyl (C=O) groups excluding carboxylic acids is 2. The number of nitrogens with zero attached hydrogens (tertiary/aromatic N) is 2. The van der Waals surface area contributed by atoms with Crippen molar-refractivity contribution in [3.05, 3.63) is 57.0 Å². The molecule has 3 aromatic rings. The lowest BCUT2D eigenvalue weighted by atomic mass is 9.97. The fourth-order valence-electron chi connectivity index (χ4n) is 3.81. The number of hydrogen-bond donors (Lipinski definition) is 2. The normalized spacial score (nSPS) is 13.1. The Balaban J connectivity index is 1.38. The predicted octanol–water partition coefficient (Wildman–Crippen LogP) is 3.00. The van der Waals surface area contributed by atoms with Gasteiger partial charge in [-0.2, -0.15) is 0 Å². The van der Waals surface area contributed by atoms with E-state index in [0.29, 0.717) is 18.8 Å². The summed E-state index contributed by atoms with van der Waals surface area (Å²) in [6.45, 7) is 2.11. The van der Waals surface area contributed by atoms with Gasteiger partial charge in [0.2, 0.25) is 11.8 Å². The van der Waals surface area contributed by atoms with Crippen molar-refractivity contribution < 1.29 is 9.59 Å². The summed E-state index contributed by atoms with van der Waals surface area (Å²) in [7, 11) is 0. The molecule has 2 heterocycles. The molecule has 7 nitrogen and oxygen atoms in total. The van der Waals surface area contributed by atoms with E-state index in [1.54, 1.807) is 28.3 Å². The molecule has 0 aliphatic heterocycles. The molecule has 1 aliphatic rings. The average molecular weight is 425 g/mol. The Hall–Kier alpha value is -3.00. The minimum atomic E-state index is -0.140. The number of fused-ring (bicyclic) bond motifs is 3. The minimum absolute atomic E-state index is 0.0461. The van der Waals surface area contributed by atoms with E-state index in [2.05, 4.69) is 15.6 Å². The molecule has 1 aliphatic carbocycles. The van der Waals surface area contributed by atoms with E-state index in [0.717, 1.165) is 40.6 Å². The third-order valence-corrected chi connectivity index (χ3v) is 6.46. The lowest BCUT2D eigenvalue weighted by Crippen LogP contribution is -2.27. The summed E-state index contributed by atoms with van der Waals surface area (Å²) in [6, 6.07) is 7.33. The molecular weight excluding hydrogens is 400 g/mol. The quantitative estimate of drug-likeness (QED) is 0.636. The second kappa shape index (κ2) is 8.79. The Kier molecular flexibility index (Phi) is 5.94. The summed E-state index contributed by atoms with van der Waals surface area (Å²) in [6.07, 6.45) is 6.00. The van der Waals surface area contributed by atoms with Crippen LogP contribution in [0.2, 0.25) is 0 Å². The van der Waals surface area contributed by atoms with Crippen LogP contribution in [0.3, 0.4) is 0 Å². The summed E-state index contributed by atoms with van der Waals surface area (Å²) in [5, 5.41) is 6.33. The highest BCUT2D eigenvalue weighted by atomic mass is 32.1. The first-order chi connectivity index (χ1) is 14.5. The molecule has 2 aromatic heterocycles. The first-order valence-electron chi connectivity index (χ1n) is 10.1. The molecule has 2 N–H and O–H groups in total. The zero-order valence-electron chi connectivity index (χ0n) is 16.9. The van der Waals surface area contributed by atoms with Gasteiger partial charge < -0.3 is 10.6 Å². The van der Waals surface area contributed by atoms with Crippen molar-refractivity contribution >= 4 is 39.1 Å². The van der Waals surface area contributed by atoms with Crippen LogP contribution >= 0.6 is 11.3 Å². The van der Waals surface area contributed by atoms with E-state index in [1.165, 1.54) is 18.2 Å². The summed E-state index contributed by atoms with van der Waals surface area (Å²) < 4.78 is 1.54.